The number of nitrogens with zero attached hydrogens (tertiary/aromatic N) is 3. The van der Waals surface area contributed by atoms with Gasteiger partial charge in [0.1, 0.15) is 0 Å². The van der Waals surface area contributed by atoms with E-state index in [1.807, 2.05) is 13.8 Å². The number of amides is 2. The summed E-state index contributed by atoms with van der Waals surface area (Å²) in [7, 11) is 0. The Labute approximate surface area is 145 Å². The number of urea groups is 1. The first-order chi connectivity index (χ1) is 11.9. The number of hydrogen-bond acceptors (Lipinski definition) is 5. The Morgan fingerprint density at radius 1 is 1.44 bits per heavy atom. The molecule has 136 valence electrons. The fourth-order valence-electron chi connectivity index (χ4n) is 2.32. The molecule has 0 bridgehead atoms. The molecule has 0 unspecified atom stereocenters. The van der Waals surface area contributed by atoms with Crippen LogP contribution in [0, 0.1) is 5.82 Å². The Hall–Kier alpha value is -2.64. The van der Waals surface area contributed by atoms with Gasteiger partial charge in [0.2, 0.25) is 5.89 Å². The van der Waals surface area contributed by atoms with Crippen molar-refractivity contribution in [3.63, 3.8) is 0 Å². The Morgan fingerprint density at radius 3 is 2.84 bits per heavy atom. The Morgan fingerprint density at radius 2 is 2.20 bits per heavy atom. The Bertz CT molecular complexity index is 720. The maximum atomic E-state index is 13.5. The van der Waals surface area contributed by atoms with Crippen LogP contribution in [0.3, 0.4) is 0 Å². The van der Waals surface area contributed by atoms with E-state index in [-0.39, 0.29) is 12.6 Å². The molecule has 1 atom stereocenters. The van der Waals surface area contributed by atoms with Gasteiger partial charge in [-0.15, -0.1) is 0 Å². The predicted octanol–water partition coefficient (Wildman–Crippen LogP) is 3.16. The molecule has 1 aromatic carbocycles. The van der Waals surface area contributed by atoms with Crippen LogP contribution in [0.2, 0.25) is 0 Å². The lowest BCUT2D eigenvalue weighted by Gasteiger charge is -2.23. The van der Waals surface area contributed by atoms with E-state index in [0.717, 1.165) is 6.42 Å². The zero-order valence-corrected chi connectivity index (χ0v) is 14.6. The maximum Gasteiger partial charge on any atom is 0.318 e. The summed E-state index contributed by atoms with van der Waals surface area (Å²) < 4.78 is 18.6. The van der Waals surface area contributed by atoms with E-state index in [1.165, 1.54) is 17.0 Å². The number of phenolic OH excluding ortho intramolecular Hbond substituents is 1. The highest BCUT2D eigenvalue weighted by Gasteiger charge is 2.18. The first-order valence-electron chi connectivity index (χ1n) is 8.29. The molecule has 1 aromatic heterocycles. The van der Waals surface area contributed by atoms with Crippen molar-refractivity contribution in [2.24, 2.45) is 0 Å². The van der Waals surface area contributed by atoms with Crippen molar-refractivity contribution in [2.45, 2.75) is 46.2 Å². The smallest absolute Gasteiger partial charge is 0.318 e. The number of carbonyl (C=O) groups is 1. The molecule has 0 radical (unpaired) electrons. The quantitative estimate of drug-likeness (QED) is 0.800. The van der Waals surface area contributed by atoms with Gasteiger partial charge in [-0.3, -0.25) is 0 Å². The van der Waals surface area contributed by atoms with Gasteiger partial charge in [-0.25, -0.2) is 9.18 Å². The standard InChI is InChI=1S/C17H23FN4O3/c1-4-6-16-20-15(21-25-16)10-22(5-2)17(24)19-11(3)12-7-8-14(23)13(18)9-12/h7-9,11,23H,4-6,10H2,1-3H3,(H,19,24)/t11-/m1/s1. The third kappa shape index (κ3) is 4.91. The molecule has 1 heterocycles. The zero-order chi connectivity index (χ0) is 18.4. The molecule has 7 nitrogen and oxygen atoms in total. The SMILES string of the molecule is CCCc1nc(CN(CC)C(=O)N[C@H](C)c2ccc(O)c(F)c2)no1. The lowest BCUT2D eigenvalue weighted by Crippen LogP contribution is -2.40. The van der Waals surface area contributed by atoms with E-state index >= 15 is 0 Å². The number of benzene rings is 1. The average Bonchev–Trinajstić information content (AvgIpc) is 3.02. The highest BCUT2D eigenvalue weighted by atomic mass is 19.1. The number of phenols is 1. The van der Waals surface area contributed by atoms with E-state index in [4.69, 9.17) is 4.52 Å². The van der Waals surface area contributed by atoms with Crippen molar-refractivity contribution in [3.05, 3.63) is 41.3 Å². The third-order valence-electron chi connectivity index (χ3n) is 3.79. The maximum absolute atomic E-state index is 13.5. The van der Waals surface area contributed by atoms with Gasteiger partial charge in [-0.2, -0.15) is 4.98 Å². The lowest BCUT2D eigenvalue weighted by atomic mass is 10.1. The third-order valence-corrected chi connectivity index (χ3v) is 3.79. The summed E-state index contributed by atoms with van der Waals surface area (Å²) in [6, 6.07) is 3.30. The molecule has 2 N–H and O–H groups in total. The Balaban J connectivity index is 1.99. The number of rotatable bonds is 7. The molecule has 2 rings (SSSR count). The van der Waals surface area contributed by atoms with Gasteiger partial charge in [-0.05, 0) is 38.0 Å². The number of nitrogens with one attached hydrogen (secondary N) is 1. The van der Waals surface area contributed by atoms with Crippen molar-refractivity contribution in [1.82, 2.24) is 20.4 Å². The second-order valence-corrected chi connectivity index (χ2v) is 5.75. The number of halogens is 1. The first kappa shape index (κ1) is 18.7. The summed E-state index contributed by atoms with van der Waals surface area (Å²) in [5.74, 6) is -0.135. The van der Waals surface area contributed by atoms with E-state index in [0.29, 0.717) is 30.2 Å². The van der Waals surface area contributed by atoms with Gasteiger partial charge in [0.05, 0.1) is 12.6 Å². The van der Waals surface area contributed by atoms with Crippen molar-refractivity contribution in [1.29, 1.82) is 0 Å². The molecular formula is C17H23FN4O3. The fraction of sp³-hybridized carbons (Fsp3) is 0.471. The van der Waals surface area contributed by atoms with E-state index < -0.39 is 17.6 Å². The number of aromatic nitrogens is 2. The van der Waals surface area contributed by atoms with Gasteiger partial charge >= 0.3 is 6.03 Å². The first-order valence-corrected chi connectivity index (χ1v) is 8.29. The molecule has 0 saturated carbocycles. The molecule has 0 saturated heterocycles. The zero-order valence-electron chi connectivity index (χ0n) is 14.6. The topological polar surface area (TPSA) is 91.5 Å². The van der Waals surface area contributed by atoms with Crippen LogP contribution in [0.5, 0.6) is 5.75 Å². The molecule has 0 spiro atoms. The minimum absolute atomic E-state index is 0.228. The highest BCUT2D eigenvalue weighted by molar-refractivity contribution is 5.74. The Kier molecular flexibility index (Phi) is 6.32. The molecule has 0 aliphatic carbocycles. The van der Waals surface area contributed by atoms with E-state index in [2.05, 4.69) is 15.5 Å². The number of aromatic hydroxyl groups is 1. The summed E-state index contributed by atoms with van der Waals surface area (Å²) in [4.78, 5) is 18.2. The normalized spacial score (nSPS) is 12.0. The molecule has 0 fully saturated rings. The van der Waals surface area contributed by atoms with Crippen molar-refractivity contribution < 1.29 is 18.8 Å². The number of aryl methyl sites for hydroxylation is 1. The van der Waals surface area contributed by atoms with Crippen LogP contribution in [-0.2, 0) is 13.0 Å². The van der Waals surface area contributed by atoms with Gasteiger partial charge < -0.3 is 19.8 Å². The minimum atomic E-state index is -0.721. The fourth-order valence-corrected chi connectivity index (χ4v) is 2.32. The van der Waals surface area contributed by atoms with Crippen LogP contribution in [-0.4, -0.2) is 32.7 Å². The summed E-state index contributed by atoms with van der Waals surface area (Å²) in [5, 5.41) is 15.9. The van der Waals surface area contributed by atoms with Crippen LogP contribution < -0.4 is 5.32 Å². The van der Waals surface area contributed by atoms with Crippen LogP contribution in [0.25, 0.3) is 0 Å². The number of carbonyl (C=O) groups excluding carboxylic acids is 1. The summed E-state index contributed by atoms with van der Waals surface area (Å²) in [5.41, 5.74) is 0.560. The second kappa shape index (κ2) is 8.46. The van der Waals surface area contributed by atoms with E-state index in [9.17, 15) is 14.3 Å². The minimum Gasteiger partial charge on any atom is -0.505 e. The van der Waals surface area contributed by atoms with Gasteiger partial charge in [0.15, 0.2) is 17.4 Å². The summed E-state index contributed by atoms with van der Waals surface area (Å²) >= 11 is 0. The van der Waals surface area contributed by atoms with Gasteiger partial charge in [0.25, 0.3) is 0 Å². The number of hydrogen-bond donors (Lipinski definition) is 2. The molecule has 2 aromatic rings. The van der Waals surface area contributed by atoms with Crippen LogP contribution in [0.1, 0.15) is 50.5 Å². The molecule has 8 heteroatoms. The predicted molar refractivity (Wildman–Crippen MR) is 89.4 cm³/mol. The molecular weight excluding hydrogens is 327 g/mol. The lowest BCUT2D eigenvalue weighted by molar-refractivity contribution is 0.192. The highest BCUT2D eigenvalue weighted by Crippen LogP contribution is 2.21. The second-order valence-electron chi connectivity index (χ2n) is 5.75. The van der Waals surface area contributed by atoms with Crippen molar-refractivity contribution in [2.75, 3.05) is 6.54 Å². The molecule has 25 heavy (non-hydrogen) atoms. The summed E-state index contributed by atoms with van der Waals surface area (Å²) in [6.45, 7) is 6.29. The van der Waals surface area contributed by atoms with Crippen molar-refractivity contribution in [3.8, 4) is 5.75 Å². The molecule has 2 amide bonds. The van der Waals surface area contributed by atoms with E-state index in [1.54, 1.807) is 13.0 Å². The van der Waals surface area contributed by atoms with Crippen LogP contribution >= 0.6 is 0 Å². The van der Waals surface area contributed by atoms with Gasteiger partial charge in [0, 0.05) is 13.0 Å². The van der Waals surface area contributed by atoms with Gasteiger partial charge in [-0.1, -0.05) is 18.1 Å². The summed E-state index contributed by atoms with van der Waals surface area (Å²) in [6.07, 6.45) is 1.61. The largest absolute Gasteiger partial charge is 0.505 e. The molecule has 0 aliphatic heterocycles. The monoisotopic (exact) mass is 350 g/mol. The molecule has 0 aliphatic rings. The van der Waals surface area contributed by atoms with Crippen molar-refractivity contribution >= 4 is 6.03 Å². The van der Waals surface area contributed by atoms with Crippen LogP contribution in [0.4, 0.5) is 9.18 Å². The average molecular weight is 350 g/mol. The van der Waals surface area contributed by atoms with Crippen LogP contribution in [0.15, 0.2) is 22.7 Å².